The van der Waals surface area contributed by atoms with Crippen LogP contribution in [-0.4, -0.2) is 15.0 Å². The van der Waals surface area contributed by atoms with Gasteiger partial charge in [0.1, 0.15) is 11.2 Å². The topological polar surface area (TPSA) is 51.8 Å². The Morgan fingerprint density at radius 2 is 0.898 bits per heavy atom. The molecule has 0 fully saturated rings. The first-order valence-corrected chi connectivity index (χ1v) is 20.2. The van der Waals surface area contributed by atoms with Crippen molar-refractivity contribution in [2.45, 2.75) is 26.2 Å². The van der Waals surface area contributed by atoms with Crippen LogP contribution in [0.5, 0.6) is 0 Å². The number of rotatable bonds is 5. The Balaban J connectivity index is 1.18. The molecule has 280 valence electrons. The first kappa shape index (κ1) is 34.8. The van der Waals surface area contributed by atoms with Crippen molar-refractivity contribution in [2.24, 2.45) is 0 Å². The van der Waals surface area contributed by atoms with Gasteiger partial charge in [-0.05, 0) is 102 Å². The van der Waals surface area contributed by atoms with Gasteiger partial charge in [0, 0.05) is 21.9 Å². The number of furan rings is 1. The molecule has 4 heteroatoms. The van der Waals surface area contributed by atoms with Crippen molar-refractivity contribution >= 4 is 54.3 Å². The van der Waals surface area contributed by atoms with Crippen molar-refractivity contribution in [1.82, 2.24) is 15.0 Å². The summed E-state index contributed by atoms with van der Waals surface area (Å²) in [7, 11) is 0. The SMILES string of the molecule is CC(C)(C)c1ccc2c3ccc(-c4nc(-c5ccc(-c6ccccc6)cc5-c5ccccc5)nc(-c5cccc6c5oc5ccccc56)n4)cc3c3ccccc3c2c1. The van der Waals surface area contributed by atoms with Crippen LogP contribution in [0.4, 0.5) is 0 Å². The molecule has 0 radical (unpaired) electrons. The predicted octanol–water partition coefficient (Wildman–Crippen LogP) is 14.9. The number of fused-ring (bicyclic) bond motifs is 9. The van der Waals surface area contributed by atoms with E-state index in [0.29, 0.717) is 17.5 Å². The average Bonchev–Trinajstić information content (AvgIpc) is 3.68. The zero-order valence-corrected chi connectivity index (χ0v) is 33.1. The molecule has 0 spiro atoms. The van der Waals surface area contributed by atoms with Crippen LogP contribution in [0.1, 0.15) is 26.3 Å². The molecule has 9 aromatic carbocycles. The molecule has 0 atom stereocenters. The highest BCUT2D eigenvalue weighted by Crippen LogP contribution is 2.41. The van der Waals surface area contributed by atoms with Crippen LogP contribution in [0, 0.1) is 0 Å². The van der Waals surface area contributed by atoms with E-state index < -0.39 is 0 Å². The average molecular weight is 758 g/mol. The maximum Gasteiger partial charge on any atom is 0.167 e. The van der Waals surface area contributed by atoms with Crippen molar-refractivity contribution in [2.75, 3.05) is 0 Å². The second-order valence-electron chi connectivity index (χ2n) is 16.4. The number of nitrogens with zero attached hydrogens (tertiary/aromatic N) is 3. The second kappa shape index (κ2) is 13.6. The van der Waals surface area contributed by atoms with E-state index in [1.54, 1.807) is 0 Å². The number of aromatic nitrogens is 3. The van der Waals surface area contributed by atoms with E-state index in [4.69, 9.17) is 19.4 Å². The summed E-state index contributed by atoms with van der Waals surface area (Å²) >= 11 is 0. The second-order valence-corrected chi connectivity index (χ2v) is 16.4. The van der Waals surface area contributed by atoms with Crippen molar-refractivity contribution in [1.29, 1.82) is 0 Å². The summed E-state index contributed by atoms with van der Waals surface area (Å²) in [6.07, 6.45) is 0. The Labute approximate surface area is 342 Å². The van der Waals surface area contributed by atoms with Crippen molar-refractivity contribution in [3.05, 3.63) is 188 Å². The Kier molecular flexibility index (Phi) is 8.02. The smallest absolute Gasteiger partial charge is 0.167 e. The fourth-order valence-electron chi connectivity index (χ4n) is 8.64. The van der Waals surface area contributed by atoms with Gasteiger partial charge in [0.2, 0.25) is 0 Å². The zero-order chi connectivity index (χ0) is 39.7. The predicted molar refractivity (Wildman–Crippen MR) is 246 cm³/mol. The largest absolute Gasteiger partial charge is 0.455 e. The normalized spacial score (nSPS) is 12.0. The lowest BCUT2D eigenvalue weighted by molar-refractivity contribution is 0.591. The summed E-state index contributed by atoms with van der Waals surface area (Å²) in [5.41, 5.74) is 10.00. The minimum absolute atomic E-state index is 0.0388. The fourth-order valence-corrected chi connectivity index (χ4v) is 8.64. The standard InChI is InChI=1S/C55H39N3O/c1-55(2,3)38-27-30-42-41-28-26-37(32-48(41)39-19-10-11-20-40(39)49(42)33-38)52-56-53(58-54(57-52)46-23-14-22-44-43-21-12-13-24-50(43)59-51(44)46)45-29-25-36(34-15-6-4-7-16-34)31-47(45)35-17-8-5-9-18-35/h4-33H,1-3H3. The molecule has 0 unspecified atom stereocenters. The maximum absolute atomic E-state index is 6.56. The monoisotopic (exact) mass is 757 g/mol. The van der Waals surface area contributed by atoms with E-state index in [9.17, 15) is 0 Å². The first-order chi connectivity index (χ1) is 28.9. The highest BCUT2D eigenvalue weighted by atomic mass is 16.3. The Morgan fingerprint density at radius 3 is 1.63 bits per heavy atom. The minimum atomic E-state index is 0.0388. The van der Waals surface area contributed by atoms with Crippen LogP contribution in [0.3, 0.4) is 0 Å². The molecule has 11 rings (SSSR count). The minimum Gasteiger partial charge on any atom is -0.455 e. The van der Waals surface area contributed by atoms with E-state index in [-0.39, 0.29) is 5.41 Å². The van der Waals surface area contributed by atoms with Gasteiger partial charge in [-0.2, -0.15) is 0 Å². The molecule has 59 heavy (non-hydrogen) atoms. The molecule has 0 aliphatic carbocycles. The number of hydrogen-bond acceptors (Lipinski definition) is 4. The Bertz CT molecular complexity index is 3390. The van der Waals surface area contributed by atoms with Gasteiger partial charge in [-0.3, -0.25) is 0 Å². The van der Waals surface area contributed by atoms with Crippen LogP contribution in [-0.2, 0) is 5.41 Å². The van der Waals surface area contributed by atoms with Crippen molar-refractivity contribution in [3.8, 4) is 56.4 Å². The summed E-state index contributed by atoms with van der Waals surface area (Å²) in [6, 6.07) is 64.3. The van der Waals surface area contributed by atoms with Crippen LogP contribution < -0.4 is 0 Å². The summed E-state index contributed by atoms with van der Waals surface area (Å²) in [6.45, 7) is 6.82. The summed E-state index contributed by atoms with van der Waals surface area (Å²) in [4.78, 5) is 15.9. The van der Waals surface area contributed by atoms with E-state index in [1.165, 1.54) is 32.5 Å². The van der Waals surface area contributed by atoms with Gasteiger partial charge < -0.3 is 4.42 Å². The van der Waals surface area contributed by atoms with Gasteiger partial charge in [-0.15, -0.1) is 0 Å². The molecule has 0 saturated carbocycles. The molecule has 2 aromatic heterocycles. The van der Waals surface area contributed by atoms with Gasteiger partial charge in [0.05, 0.1) is 5.56 Å². The molecular weight excluding hydrogens is 719 g/mol. The summed E-state index contributed by atoms with van der Waals surface area (Å²) in [5.74, 6) is 1.74. The first-order valence-electron chi connectivity index (χ1n) is 20.2. The van der Waals surface area contributed by atoms with E-state index in [0.717, 1.165) is 66.3 Å². The maximum atomic E-state index is 6.56. The number of hydrogen-bond donors (Lipinski definition) is 0. The molecule has 0 saturated heterocycles. The van der Waals surface area contributed by atoms with Gasteiger partial charge in [-0.25, -0.2) is 15.0 Å². The van der Waals surface area contributed by atoms with Crippen LogP contribution in [0.25, 0.3) is 111 Å². The quantitative estimate of drug-likeness (QED) is 0.164. The molecule has 4 nitrogen and oxygen atoms in total. The molecule has 2 heterocycles. The lowest BCUT2D eigenvalue weighted by Crippen LogP contribution is -2.10. The fraction of sp³-hybridized carbons (Fsp3) is 0.0727. The van der Waals surface area contributed by atoms with Crippen LogP contribution in [0.15, 0.2) is 186 Å². The van der Waals surface area contributed by atoms with Gasteiger partial charge in [0.15, 0.2) is 17.5 Å². The van der Waals surface area contributed by atoms with E-state index in [1.807, 2.05) is 30.3 Å². The summed E-state index contributed by atoms with van der Waals surface area (Å²) in [5, 5.41) is 9.39. The zero-order valence-electron chi connectivity index (χ0n) is 33.1. The number of benzene rings is 9. The van der Waals surface area contributed by atoms with Gasteiger partial charge in [0.25, 0.3) is 0 Å². The Morgan fingerprint density at radius 1 is 0.339 bits per heavy atom. The third-order valence-electron chi connectivity index (χ3n) is 11.7. The van der Waals surface area contributed by atoms with E-state index in [2.05, 4.69) is 172 Å². The third kappa shape index (κ3) is 5.95. The molecule has 0 aliphatic heterocycles. The third-order valence-corrected chi connectivity index (χ3v) is 11.7. The molecular formula is C55H39N3O. The van der Waals surface area contributed by atoms with Crippen LogP contribution >= 0.6 is 0 Å². The van der Waals surface area contributed by atoms with Gasteiger partial charge >= 0.3 is 0 Å². The molecule has 0 bridgehead atoms. The highest BCUT2D eigenvalue weighted by molar-refractivity contribution is 6.26. The van der Waals surface area contributed by atoms with Gasteiger partial charge in [-0.1, -0.05) is 166 Å². The molecule has 0 amide bonds. The highest BCUT2D eigenvalue weighted by Gasteiger charge is 2.21. The van der Waals surface area contributed by atoms with E-state index >= 15 is 0 Å². The molecule has 0 N–H and O–H groups in total. The number of para-hydroxylation sites is 2. The lowest BCUT2D eigenvalue weighted by atomic mass is 9.84. The van der Waals surface area contributed by atoms with Crippen molar-refractivity contribution < 1.29 is 4.42 Å². The van der Waals surface area contributed by atoms with Crippen LogP contribution in [0.2, 0.25) is 0 Å². The summed E-state index contributed by atoms with van der Waals surface area (Å²) < 4.78 is 6.56. The lowest BCUT2D eigenvalue weighted by Gasteiger charge is -2.21. The molecule has 11 aromatic rings. The Hall–Kier alpha value is -7.43. The van der Waals surface area contributed by atoms with Crippen molar-refractivity contribution in [3.63, 3.8) is 0 Å². The molecule has 0 aliphatic rings.